The van der Waals surface area contributed by atoms with Crippen LogP contribution in [0.4, 0.5) is 14.5 Å². The number of carbonyl (C=O) groups excluding carboxylic acids is 1. The van der Waals surface area contributed by atoms with E-state index < -0.39 is 22.8 Å². The van der Waals surface area contributed by atoms with Crippen LogP contribution in [0.3, 0.4) is 0 Å². The second-order valence-electron chi connectivity index (χ2n) is 6.05. The van der Waals surface area contributed by atoms with Crippen LogP contribution in [0.2, 0.25) is 0 Å². The van der Waals surface area contributed by atoms with Gasteiger partial charge in [-0.15, -0.1) is 10.2 Å². The number of aryl methyl sites for hydroxylation is 1. The van der Waals surface area contributed by atoms with E-state index in [4.69, 9.17) is 0 Å². The van der Waals surface area contributed by atoms with Crippen molar-refractivity contribution in [1.82, 2.24) is 14.8 Å². The summed E-state index contributed by atoms with van der Waals surface area (Å²) >= 11 is 1.19. The summed E-state index contributed by atoms with van der Waals surface area (Å²) < 4.78 is 28.8. The van der Waals surface area contributed by atoms with E-state index in [1.165, 1.54) is 11.8 Å². The molecule has 1 aromatic heterocycles. The summed E-state index contributed by atoms with van der Waals surface area (Å²) in [6.07, 6.45) is 0. The topological polar surface area (TPSA) is 59.8 Å². The van der Waals surface area contributed by atoms with E-state index in [9.17, 15) is 13.6 Å². The Labute approximate surface area is 159 Å². The van der Waals surface area contributed by atoms with Crippen LogP contribution in [0.15, 0.2) is 47.6 Å². The average Bonchev–Trinajstić information content (AvgIpc) is 2.99. The van der Waals surface area contributed by atoms with Gasteiger partial charge in [-0.25, -0.2) is 8.78 Å². The summed E-state index contributed by atoms with van der Waals surface area (Å²) in [5.41, 5.74) is 1.83. The molecule has 3 rings (SSSR count). The maximum Gasteiger partial charge on any atom is 0.237 e. The van der Waals surface area contributed by atoms with Gasteiger partial charge in [0.1, 0.15) is 11.6 Å². The first kappa shape index (κ1) is 19.0. The number of thioether (sulfide) groups is 1. The van der Waals surface area contributed by atoms with Gasteiger partial charge in [-0.3, -0.25) is 4.79 Å². The van der Waals surface area contributed by atoms with E-state index in [2.05, 4.69) is 15.5 Å². The summed E-state index contributed by atoms with van der Waals surface area (Å²) in [5, 5.41) is 10.8. The highest BCUT2D eigenvalue weighted by molar-refractivity contribution is 8.00. The number of hydrogen-bond acceptors (Lipinski definition) is 4. The predicted molar refractivity (Wildman–Crippen MR) is 101 cm³/mol. The number of carbonyl (C=O) groups is 1. The summed E-state index contributed by atoms with van der Waals surface area (Å²) in [6, 6.07) is 10.7. The summed E-state index contributed by atoms with van der Waals surface area (Å²) in [6.45, 7) is 3.65. The normalized spacial score (nSPS) is 12.0. The fourth-order valence-corrected chi connectivity index (χ4v) is 3.33. The molecule has 0 radical (unpaired) electrons. The van der Waals surface area contributed by atoms with Gasteiger partial charge in [0.25, 0.3) is 0 Å². The minimum atomic E-state index is -0.692. The molecule has 0 spiro atoms. The maximum atomic E-state index is 13.7. The lowest BCUT2D eigenvalue weighted by Crippen LogP contribution is -2.23. The molecule has 1 heterocycles. The lowest BCUT2D eigenvalue weighted by atomic mass is 10.1. The van der Waals surface area contributed by atoms with Crippen LogP contribution in [0, 0.1) is 18.6 Å². The molecule has 2 aromatic carbocycles. The summed E-state index contributed by atoms with van der Waals surface area (Å²) in [4.78, 5) is 12.3. The van der Waals surface area contributed by atoms with Crippen molar-refractivity contribution in [3.8, 4) is 11.4 Å². The van der Waals surface area contributed by atoms with Gasteiger partial charge in [-0.1, -0.05) is 36.0 Å². The zero-order chi connectivity index (χ0) is 19.6. The molecule has 0 saturated heterocycles. The number of rotatable bonds is 5. The van der Waals surface area contributed by atoms with Gasteiger partial charge in [0.05, 0.1) is 10.9 Å². The summed E-state index contributed by atoms with van der Waals surface area (Å²) in [5.74, 6) is -1.07. The van der Waals surface area contributed by atoms with Crippen molar-refractivity contribution in [2.45, 2.75) is 24.3 Å². The van der Waals surface area contributed by atoms with Crippen LogP contribution in [-0.4, -0.2) is 25.9 Å². The Bertz CT molecular complexity index is 990. The number of benzene rings is 2. The van der Waals surface area contributed by atoms with Crippen LogP contribution < -0.4 is 5.32 Å². The number of nitrogens with zero attached hydrogens (tertiary/aromatic N) is 3. The van der Waals surface area contributed by atoms with Crippen molar-refractivity contribution in [2.75, 3.05) is 5.32 Å². The fourth-order valence-electron chi connectivity index (χ4n) is 2.52. The zero-order valence-electron chi connectivity index (χ0n) is 15.0. The number of amides is 1. The first-order valence-corrected chi connectivity index (χ1v) is 9.12. The predicted octanol–water partition coefficient (Wildman–Crippen LogP) is 4.19. The van der Waals surface area contributed by atoms with Crippen LogP contribution in [0.1, 0.15) is 12.5 Å². The molecule has 0 aliphatic carbocycles. The van der Waals surface area contributed by atoms with Gasteiger partial charge < -0.3 is 9.88 Å². The van der Waals surface area contributed by atoms with E-state index >= 15 is 0 Å². The van der Waals surface area contributed by atoms with Crippen molar-refractivity contribution in [1.29, 1.82) is 0 Å². The molecule has 0 fully saturated rings. The molecule has 0 unspecified atom stereocenters. The molecule has 8 heteroatoms. The van der Waals surface area contributed by atoms with Crippen LogP contribution >= 0.6 is 11.8 Å². The Balaban J connectivity index is 1.75. The number of aromatic nitrogens is 3. The van der Waals surface area contributed by atoms with Gasteiger partial charge in [0, 0.05) is 18.7 Å². The Kier molecular flexibility index (Phi) is 5.55. The molecule has 0 aliphatic rings. The lowest BCUT2D eigenvalue weighted by Gasteiger charge is -2.12. The van der Waals surface area contributed by atoms with E-state index in [1.807, 2.05) is 38.2 Å². The van der Waals surface area contributed by atoms with Crippen molar-refractivity contribution in [2.24, 2.45) is 7.05 Å². The molecular formula is C19H18F2N4OS. The molecule has 1 amide bonds. The Morgan fingerprint density at radius 3 is 2.67 bits per heavy atom. The quantitative estimate of drug-likeness (QED) is 0.666. The molecule has 0 bridgehead atoms. The third kappa shape index (κ3) is 4.16. The van der Waals surface area contributed by atoms with Gasteiger partial charge >= 0.3 is 0 Å². The molecule has 140 valence electrons. The smallest absolute Gasteiger partial charge is 0.237 e. The van der Waals surface area contributed by atoms with Crippen molar-refractivity contribution >= 4 is 23.4 Å². The second kappa shape index (κ2) is 7.87. The molecule has 3 aromatic rings. The van der Waals surface area contributed by atoms with Gasteiger partial charge in [0.2, 0.25) is 5.91 Å². The zero-order valence-corrected chi connectivity index (χ0v) is 15.8. The number of nitrogens with one attached hydrogen (secondary N) is 1. The lowest BCUT2D eigenvalue weighted by molar-refractivity contribution is -0.115. The standard InChI is InChI=1S/C19H18F2N4OS/c1-11-6-4-5-7-14(11)17-23-24-19(25(17)3)27-12(2)18(26)22-16-10-13(20)8-9-15(16)21/h4-10,12H,1-3H3,(H,22,26)/t12-/m0/s1. The molecule has 0 saturated carbocycles. The van der Waals surface area contributed by atoms with Crippen molar-refractivity contribution < 1.29 is 13.6 Å². The van der Waals surface area contributed by atoms with Crippen LogP contribution in [-0.2, 0) is 11.8 Å². The molecule has 5 nitrogen and oxygen atoms in total. The van der Waals surface area contributed by atoms with Gasteiger partial charge in [-0.2, -0.15) is 0 Å². The largest absolute Gasteiger partial charge is 0.323 e. The Hall–Kier alpha value is -2.74. The minimum absolute atomic E-state index is 0.189. The molecule has 1 atom stereocenters. The van der Waals surface area contributed by atoms with E-state index in [0.29, 0.717) is 11.0 Å². The Morgan fingerprint density at radius 1 is 1.19 bits per heavy atom. The van der Waals surface area contributed by atoms with Crippen LogP contribution in [0.5, 0.6) is 0 Å². The highest BCUT2D eigenvalue weighted by Crippen LogP contribution is 2.28. The molecule has 1 N–H and O–H groups in total. The second-order valence-corrected chi connectivity index (χ2v) is 7.36. The third-order valence-corrected chi connectivity index (χ3v) is 5.19. The number of halogens is 2. The first-order chi connectivity index (χ1) is 12.9. The fraction of sp³-hybridized carbons (Fsp3) is 0.211. The highest BCUT2D eigenvalue weighted by Gasteiger charge is 2.21. The summed E-state index contributed by atoms with van der Waals surface area (Å²) in [7, 11) is 1.82. The van der Waals surface area contributed by atoms with E-state index in [-0.39, 0.29) is 5.69 Å². The molecule has 0 aliphatic heterocycles. The van der Waals surface area contributed by atoms with Crippen molar-refractivity contribution in [3.05, 3.63) is 59.7 Å². The van der Waals surface area contributed by atoms with E-state index in [0.717, 1.165) is 29.3 Å². The average molecular weight is 388 g/mol. The van der Waals surface area contributed by atoms with Crippen LogP contribution in [0.25, 0.3) is 11.4 Å². The Morgan fingerprint density at radius 2 is 1.93 bits per heavy atom. The monoisotopic (exact) mass is 388 g/mol. The SMILES string of the molecule is Cc1ccccc1-c1nnc(S[C@@H](C)C(=O)Nc2cc(F)ccc2F)n1C. The number of anilines is 1. The minimum Gasteiger partial charge on any atom is -0.323 e. The van der Waals surface area contributed by atoms with E-state index in [1.54, 1.807) is 11.5 Å². The van der Waals surface area contributed by atoms with Gasteiger partial charge in [-0.05, 0) is 31.5 Å². The molecule has 27 heavy (non-hydrogen) atoms. The maximum absolute atomic E-state index is 13.7. The van der Waals surface area contributed by atoms with Gasteiger partial charge in [0.15, 0.2) is 11.0 Å². The van der Waals surface area contributed by atoms with Crippen molar-refractivity contribution in [3.63, 3.8) is 0 Å². The number of hydrogen-bond donors (Lipinski definition) is 1. The molecular weight excluding hydrogens is 370 g/mol. The third-order valence-electron chi connectivity index (χ3n) is 4.06. The first-order valence-electron chi connectivity index (χ1n) is 8.24. The highest BCUT2D eigenvalue weighted by atomic mass is 32.2.